The molecule has 0 unspecified atom stereocenters. The first kappa shape index (κ1) is 13.4. The second-order valence-corrected chi connectivity index (χ2v) is 4.95. The lowest BCUT2D eigenvalue weighted by molar-refractivity contribution is 0.0988. The van der Waals surface area contributed by atoms with E-state index in [0.717, 1.165) is 22.5 Å². The van der Waals surface area contributed by atoms with Crippen LogP contribution in [-0.4, -0.2) is 10.4 Å². The van der Waals surface area contributed by atoms with Crippen LogP contribution in [0.3, 0.4) is 0 Å². The molecule has 2 nitrogen and oxygen atoms in total. The molecule has 0 N–H and O–H groups in total. The first-order chi connectivity index (χ1) is 10.3. The minimum atomic E-state index is 0.181. The molecule has 0 bridgehead atoms. The van der Waals surface area contributed by atoms with Gasteiger partial charge >= 0.3 is 0 Å². The van der Waals surface area contributed by atoms with Gasteiger partial charge in [-0.3, -0.25) is 4.79 Å². The molecule has 3 rings (SSSR count). The highest BCUT2D eigenvalue weighted by atomic mass is 16.1. The van der Waals surface area contributed by atoms with Crippen molar-refractivity contribution in [2.75, 3.05) is 0 Å². The van der Waals surface area contributed by atoms with Crippen LogP contribution in [0.15, 0.2) is 72.9 Å². The van der Waals surface area contributed by atoms with E-state index in [-0.39, 0.29) is 5.78 Å². The van der Waals surface area contributed by atoms with E-state index in [4.69, 9.17) is 0 Å². The van der Waals surface area contributed by atoms with Gasteiger partial charge in [0.2, 0.25) is 0 Å². The maximum Gasteiger partial charge on any atom is 0.162 e. The van der Waals surface area contributed by atoms with Crippen molar-refractivity contribution in [3.8, 4) is 16.9 Å². The average molecular weight is 275 g/mol. The molecule has 3 aromatic rings. The molecule has 0 atom stereocenters. The largest absolute Gasteiger partial charge is 0.317 e. The van der Waals surface area contributed by atoms with Crippen LogP contribution in [0.4, 0.5) is 0 Å². The summed E-state index contributed by atoms with van der Waals surface area (Å²) in [5.74, 6) is 0.181. The third-order valence-electron chi connectivity index (χ3n) is 3.61. The smallest absolute Gasteiger partial charge is 0.162 e. The van der Waals surface area contributed by atoms with Gasteiger partial charge in [0.15, 0.2) is 5.78 Å². The van der Waals surface area contributed by atoms with Crippen LogP contribution in [0, 0.1) is 0 Å². The molecule has 2 heteroatoms. The number of Topliss-reactive ketones (excluding diaryl/α,β-unsaturated/α-hetero) is 1. The van der Waals surface area contributed by atoms with Crippen LogP contribution in [0.1, 0.15) is 23.7 Å². The van der Waals surface area contributed by atoms with E-state index in [1.54, 1.807) is 0 Å². The third-order valence-corrected chi connectivity index (χ3v) is 3.61. The number of nitrogens with zero attached hydrogens (tertiary/aromatic N) is 1. The molecular formula is C19H17NO. The third kappa shape index (κ3) is 2.65. The number of para-hydroxylation sites is 1. The van der Waals surface area contributed by atoms with Gasteiger partial charge in [-0.2, -0.15) is 0 Å². The summed E-state index contributed by atoms with van der Waals surface area (Å²) in [5.41, 5.74) is 4.14. The van der Waals surface area contributed by atoms with Crippen molar-refractivity contribution in [3.05, 3.63) is 78.5 Å². The molecule has 0 aliphatic heterocycles. The first-order valence-electron chi connectivity index (χ1n) is 7.16. The number of ketones is 1. The molecule has 0 aliphatic carbocycles. The lowest BCUT2D eigenvalue weighted by Gasteiger charge is -2.10. The molecule has 0 aliphatic rings. The van der Waals surface area contributed by atoms with Crippen molar-refractivity contribution >= 4 is 5.78 Å². The normalized spacial score (nSPS) is 10.5. The fraction of sp³-hybridized carbons (Fsp3) is 0.105. The second kappa shape index (κ2) is 5.80. The zero-order valence-corrected chi connectivity index (χ0v) is 12.0. The van der Waals surface area contributed by atoms with Crippen LogP contribution in [0.2, 0.25) is 0 Å². The Bertz CT molecular complexity index is 739. The van der Waals surface area contributed by atoms with Gasteiger partial charge < -0.3 is 4.57 Å². The summed E-state index contributed by atoms with van der Waals surface area (Å²) in [6, 6.07) is 22.2. The number of aromatic nitrogens is 1. The number of benzene rings is 2. The van der Waals surface area contributed by atoms with E-state index in [2.05, 4.69) is 29.0 Å². The van der Waals surface area contributed by atoms with Gasteiger partial charge in [-0.25, -0.2) is 0 Å². The summed E-state index contributed by atoms with van der Waals surface area (Å²) >= 11 is 0. The number of hydrogen-bond acceptors (Lipinski definition) is 1. The standard InChI is InChI=1S/C19H17NO/c1-2-19(21)16-12-10-15(11-13-16)18-9-6-14-20(18)17-7-4-3-5-8-17/h3-14H,2H2,1H3. The van der Waals surface area contributed by atoms with E-state index >= 15 is 0 Å². The van der Waals surface area contributed by atoms with Crippen molar-refractivity contribution in [2.24, 2.45) is 0 Å². The fourth-order valence-corrected chi connectivity index (χ4v) is 2.46. The monoisotopic (exact) mass is 275 g/mol. The van der Waals surface area contributed by atoms with Gasteiger partial charge in [-0.1, -0.05) is 49.4 Å². The summed E-state index contributed by atoms with van der Waals surface area (Å²) in [4.78, 5) is 11.7. The molecule has 0 saturated carbocycles. The van der Waals surface area contributed by atoms with Gasteiger partial charge in [-0.15, -0.1) is 0 Å². The summed E-state index contributed by atoms with van der Waals surface area (Å²) in [6.45, 7) is 1.89. The van der Waals surface area contributed by atoms with Crippen molar-refractivity contribution in [1.82, 2.24) is 4.57 Å². The highest BCUT2D eigenvalue weighted by molar-refractivity contribution is 5.96. The Hall–Kier alpha value is -2.61. The van der Waals surface area contributed by atoms with Crippen molar-refractivity contribution < 1.29 is 4.79 Å². The van der Waals surface area contributed by atoms with Crippen LogP contribution in [0.5, 0.6) is 0 Å². The lowest BCUT2D eigenvalue weighted by atomic mass is 10.0. The zero-order valence-electron chi connectivity index (χ0n) is 12.0. The van der Waals surface area contributed by atoms with Gasteiger partial charge in [-0.05, 0) is 29.8 Å². The molecule has 1 heterocycles. The molecule has 2 aromatic carbocycles. The fourth-order valence-electron chi connectivity index (χ4n) is 2.46. The minimum absolute atomic E-state index is 0.181. The molecule has 0 saturated heterocycles. The Morgan fingerprint density at radius 1 is 0.905 bits per heavy atom. The second-order valence-electron chi connectivity index (χ2n) is 4.95. The van der Waals surface area contributed by atoms with Crippen LogP contribution < -0.4 is 0 Å². The topological polar surface area (TPSA) is 22.0 Å². The zero-order chi connectivity index (χ0) is 14.7. The Morgan fingerprint density at radius 3 is 2.29 bits per heavy atom. The van der Waals surface area contributed by atoms with Crippen molar-refractivity contribution in [1.29, 1.82) is 0 Å². The predicted octanol–water partition coefficient (Wildman–Crippen LogP) is 4.74. The Kier molecular flexibility index (Phi) is 3.69. The molecule has 21 heavy (non-hydrogen) atoms. The maximum atomic E-state index is 11.7. The highest BCUT2D eigenvalue weighted by Crippen LogP contribution is 2.24. The van der Waals surface area contributed by atoms with Gasteiger partial charge in [0.1, 0.15) is 0 Å². The van der Waals surface area contributed by atoms with E-state index < -0.39 is 0 Å². The van der Waals surface area contributed by atoms with E-state index in [0.29, 0.717) is 6.42 Å². The van der Waals surface area contributed by atoms with Crippen molar-refractivity contribution in [2.45, 2.75) is 13.3 Å². The first-order valence-corrected chi connectivity index (χ1v) is 7.16. The Balaban J connectivity index is 1.99. The molecule has 104 valence electrons. The molecule has 0 amide bonds. The van der Waals surface area contributed by atoms with Crippen molar-refractivity contribution in [3.63, 3.8) is 0 Å². The Morgan fingerprint density at radius 2 is 1.62 bits per heavy atom. The summed E-state index contributed by atoms with van der Waals surface area (Å²) in [6.07, 6.45) is 2.59. The van der Waals surface area contributed by atoms with Crippen LogP contribution in [-0.2, 0) is 0 Å². The maximum absolute atomic E-state index is 11.7. The number of carbonyl (C=O) groups excluding carboxylic acids is 1. The number of carbonyl (C=O) groups is 1. The van der Waals surface area contributed by atoms with E-state index in [9.17, 15) is 4.79 Å². The molecule has 0 fully saturated rings. The number of rotatable bonds is 4. The van der Waals surface area contributed by atoms with E-state index in [1.807, 2.05) is 55.5 Å². The quantitative estimate of drug-likeness (QED) is 0.630. The summed E-state index contributed by atoms with van der Waals surface area (Å²) < 4.78 is 2.15. The molecule has 0 radical (unpaired) electrons. The average Bonchev–Trinajstić information content (AvgIpc) is 3.04. The molecule has 0 spiro atoms. The SMILES string of the molecule is CCC(=O)c1ccc(-c2cccn2-c2ccccc2)cc1. The minimum Gasteiger partial charge on any atom is -0.317 e. The lowest BCUT2D eigenvalue weighted by Crippen LogP contribution is -1.97. The van der Waals surface area contributed by atoms with Gasteiger partial charge in [0, 0.05) is 23.9 Å². The predicted molar refractivity (Wildman–Crippen MR) is 85.8 cm³/mol. The van der Waals surface area contributed by atoms with E-state index in [1.165, 1.54) is 0 Å². The summed E-state index contributed by atoms with van der Waals surface area (Å²) in [5, 5.41) is 0. The number of hydrogen-bond donors (Lipinski definition) is 0. The van der Waals surface area contributed by atoms with Gasteiger partial charge in [0.05, 0.1) is 5.69 Å². The van der Waals surface area contributed by atoms with Gasteiger partial charge in [0.25, 0.3) is 0 Å². The molecular weight excluding hydrogens is 258 g/mol. The van der Waals surface area contributed by atoms with Crippen LogP contribution in [0.25, 0.3) is 16.9 Å². The van der Waals surface area contributed by atoms with Crippen LogP contribution >= 0.6 is 0 Å². The molecule has 1 aromatic heterocycles. The summed E-state index contributed by atoms with van der Waals surface area (Å²) in [7, 11) is 0. The Labute approximate surface area is 124 Å². The highest BCUT2D eigenvalue weighted by Gasteiger charge is 2.07.